The van der Waals surface area contributed by atoms with Gasteiger partial charge >= 0.3 is 0 Å². The Balaban J connectivity index is 1.80. The molecule has 0 aliphatic carbocycles. The molecular formula is C21H23N7O. The SMILES string of the molecule is C=C(C)NCCn1nc(-c2cc3ccc(C(=C)OC)cc3[nH]2)c2c(N)ncnc21. The molecule has 0 radical (unpaired) electrons. The third-order valence-corrected chi connectivity index (χ3v) is 4.75. The molecule has 4 N–H and O–H groups in total. The second-order valence-electron chi connectivity index (χ2n) is 6.85. The number of nitrogens with one attached hydrogen (secondary N) is 2. The smallest absolute Gasteiger partial charge is 0.164 e. The molecule has 4 rings (SSSR count). The fourth-order valence-electron chi connectivity index (χ4n) is 3.30. The van der Waals surface area contributed by atoms with Crippen molar-refractivity contribution in [2.24, 2.45) is 0 Å². The van der Waals surface area contributed by atoms with Crippen LogP contribution in [0.2, 0.25) is 0 Å². The zero-order valence-electron chi connectivity index (χ0n) is 16.5. The van der Waals surface area contributed by atoms with Gasteiger partial charge in [-0.2, -0.15) is 5.10 Å². The average molecular weight is 389 g/mol. The molecule has 3 aromatic heterocycles. The summed E-state index contributed by atoms with van der Waals surface area (Å²) in [4.78, 5) is 12.0. The number of allylic oxidation sites excluding steroid dienone is 1. The summed E-state index contributed by atoms with van der Waals surface area (Å²) < 4.78 is 7.07. The van der Waals surface area contributed by atoms with Crippen molar-refractivity contribution in [1.82, 2.24) is 30.0 Å². The number of hydrogen-bond donors (Lipinski definition) is 3. The Bertz CT molecular complexity index is 1230. The highest BCUT2D eigenvalue weighted by Crippen LogP contribution is 2.32. The summed E-state index contributed by atoms with van der Waals surface area (Å²) in [5, 5.41) is 9.77. The number of rotatable bonds is 7. The molecule has 0 saturated carbocycles. The van der Waals surface area contributed by atoms with Crippen LogP contribution < -0.4 is 11.1 Å². The van der Waals surface area contributed by atoms with Gasteiger partial charge in [0, 0.05) is 28.7 Å². The topological polar surface area (TPSA) is 107 Å². The Morgan fingerprint density at radius 3 is 2.86 bits per heavy atom. The summed E-state index contributed by atoms with van der Waals surface area (Å²) in [6.45, 7) is 11.0. The Kier molecular flexibility index (Phi) is 4.67. The number of aromatic amines is 1. The van der Waals surface area contributed by atoms with Gasteiger partial charge in [0.1, 0.15) is 23.6 Å². The van der Waals surface area contributed by atoms with Crippen molar-refractivity contribution >= 4 is 33.5 Å². The van der Waals surface area contributed by atoms with Gasteiger partial charge in [-0.1, -0.05) is 25.3 Å². The number of nitrogens with zero attached hydrogens (tertiary/aromatic N) is 4. The molecule has 0 fully saturated rings. The lowest BCUT2D eigenvalue weighted by molar-refractivity contribution is 0.371. The number of H-pyrrole nitrogens is 1. The molecule has 4 aromatic rings. The van der Waals surface area contributed by atoms with Crippen molar-refractivity contribution in [2.45, 2.75) is 13.5 Å². The number of nitrogen functional groups attached to an aromatic ring is 1. The Morgan fingerprint density at radius 2 is 2.10 bits per heavy atom. The molecule has 0 aliphatic heterocycles. The summed E-state index contributed by atoms with van der Waals surface area (Å²) in [5.74, 6) is 1.01. The van der Waals surface area contributed by atoms with E-state index in [1.165, 1.54) is 6.33 Å². The fraction of sp³-hybridized carbons (Fsp3) is 0.190. The van der Waals surface area contributed by atoms with Crippen molar-refractivity contribution in [3.63, 3.8) is 0 Å². The standard InChI is InChI=1S/C21H23N7O/c1-12(2)23-7-8-28-21-18(20(22)24-11-25-21)19(27-28)17-10-15-6-5-14(13(3)29-4)9-16(15)26-17/h5-6,9-11,23,26H,1,3,7-8H2,2,4H3,(H2,22,24,25). The molecule has 0 bridgehead atoms. The van der Waals surface area contributed by atoms with Crippen molar-refractivity contribution < 1.29 is 4.74 Å². The zero-order chi connectivity index (χ0) is 20.5. The Labute approximate surface area is 168 Å². The minimum absolute atomic E-state index is 0.399. The van der Waals surface area contributed by atoms with Crippen LogP contribution in [-0.4, -0.2) is 38.4 Å². The predicted molar refractivity (Wildman–Crippen MR) is 116 cm³/mol. The lowest BCUT2D eigenvalue weighted by Crippen LogP contribution is -2.18. The van der Waals surface area contributed by atoms with Crippen molar-refractivity contribution in [3.05, 3.63) is 55.0 Å². The second-order valence-corrected chi connectivity index (χ2v) is 6.85. The monoisotopic (exact) mass is 389 g/mol. The van der Waals surface area contributed by atoms with E-state index in [1.54, 1.807) is 7.11 Å². The number of ether oxygens (including phenoxy) is 1. The van der Waals surface area contributed by atoms with Gasteiger partial charge < -0.3 is 20.8 Å². The summed E-state index contributed by atoms with van der Waals surface area (Å²) in [7, 11) is 1.61. The molecule has 8 nitrogen and oxygen atoms in total. The van der Waals surface area contributed by atoms with E-state index in [4.69, 9.17) is 15.6 Å². The molecule has 0 atom stereocenters. The number of benzene rings is 1. The maximum Gasteiger partial charge on any atom is 0.164 e. The maximum absolute atomic E-state index is 6.18. The summed E-state index contributed by atoms with van der Waals surface area (Å²) in [6.07, 6.45) is 1.46. The van der Waals surface area contributed by atoms with Crippen LogP contribution in [0.3, 0.4) is 0 Å². The van der Waals surface area contributed by atoms with E-state index in [0.29, 0.717) is 30.3 Å². The van der Waals surface area contributed by atoms with Crippen LogP contribution in [0, 0.1) is 0 Å². The van der Waals surface area contributed by atoms with Crippen LogP contribution in [-0.2, 0) is 11.3 Å². The van der Waals surface area contributed by atoms with Crippen molar-refractivity contribution in [2.75, 3.05) is 19.4 Å². The minimum atomic E-state index is 0.399. The number of nitrogens with two attached hydrogens (primary N) is 1. The molecule has 0 amide bonds. The molecule has 8 heteroatoms. The van der Waals surface area contributed by atoms with Crippen molar-refractivity contribution in [1.29, 1.82) is 0 Å². The zero-order valence-corrected chi connectivity index (χ0v) is 16.5. The van der Waals surface area contributed by atoms with Crippen LogP contribution in [0.1, 0.15) is 12.5 Å². The normalized spacial score (nSPS) is 11.1. The van der Waals surface area contributed by atoms with E-state index in [1.807, 2.05) is 35.9 Å². The number of hydrogen-bond acceptors (Lipinski definition) is 6. The molecule has 29 heavy (non-hydrogen) atoms. The first-order valence-corrected chi connectivity index (χ1v) is 9.20. The summed E-state index contributed by atoms with van der Waals surface area (Å²) in [6, 6.07) is 8.04. The molecular weight excluding hydrogens is 366 g/mol. The molecule has 1 aromatic carbocycles. The summed E-state index contributed by atoms with van der Waals surface area (Å²) >= 11 is 0. The molecule has 0 aliphatic rings. The first-order valence-electron chi connectivity index (χ1n) is 9.20. The van der Waals surface area contributed by atoms with E-state index in [2.05, 4.69) is 33.4 Å². The summed E-state index contributed by atoms with van der Waals surface area (Å²) in [5.41, 5.74) is 11.2. The van der Waals surface area contributed by atoms with E-state index < -0.39 is 0 Å². The minimum Gasteiger partial charge on any atom is -0.497 e. The average Bonchev–Trinajstić information content (AvgIpc) is 3.29. The largest absolute Gasteiger partial charge is 0.497 e. The van der Waals surface area contributed by atoms with Gasteiger partial charge in [-0.25, -0.2) is 14.6 Å². The van der Waals surface area contributed by atoms with E-state index in [9.17, 15) is 0 Å². The van der Waals surface area contributed by atoms with Gasteiger partial charge in [0.2, 0.25) is 0 Å². The number of methoxy groups -OCH3 is 1. The third kappa shape index (κ3) is 3.40. The number of fused-ring (bicyclic) bond motifs is 2. The number of anilines is 1. The van der Waals surface area contributed by atoms with Crippen LogP contribution in [0.25, 0.3) is 39.1 Å². The molecule has 148 valence electrons. The van der Waals surface area contributed by atoms with Gasteiger partial charge in [0.25, 0.3) is 0 Å². The van der Waals surface area contributed by atoms with Crippen molar-refractivity contribution in [3.8, 4) is 11.4 Å². The highest BCUT2D eigenvalue weighted by atomic mass is 16.5. The lowest BCUT2D eigenvalue weighted by atomic mass is 10.1. The third-order valence-electron chi connectivity index (χ3n) is 4.75. The first-order chi connectivity index (χ1) is 14.0. The number of aromatic nitrogens is 5. The van der Waals surface area contributed by atoms with E-state index >= 15 is 0 Å². The van der Waals surface area contributed by atoms with Gasteiger partial charge in [0.05, 0.1) is 24.7 Å². The van der Waals surface area contributed by atoms with E-state index in [-0.39, 0.29) is 0 Å². The van der Waals surface area contributed by atoms with E-state index in [0.717, 1.165) is 38.9 Å². The fourth-order valence-corrected chi connectivity index (χ4v) is 3.30. The molecule has 0 unspecified atom stereocenters. The first kappa shape index (κ1) is 18.5. The quantitative estimate of drug-likeness (QED) is 0.419. The van der Waals surface area contributed by atoms with Gasteiger partial charge in [0.15, 0.2) is 5.65 Å². The lowest BCUT2D eigenvalue weighted by Gasteiger charge is -2.05. The van der Waals surface area contributed by atoms with Gasteiger partial charge in [-0.3, -0.25) is 0 Å². The molecule has 0 spiro atoms. The highest BCUT2D eigenvalue weighted by Gasteiger charge is 2.18. The molecule has 0 saturated heterocycles. The highest BCUT2D eigenvalue weighted by molar-refractivity contribution is 6.00. The predicted octanol–water partition coefficient (Wildman–Crippen LogP) is 3.30. The van der Waals surface area contributed by atoms with Gasteiger partial charge in [-0.15, -0.1) is 0 Å². The Morgan fingerprint density at radius 1 is 1.28 bits per heavy atom. The molecule has 3 heterocycles. The van der Waals surface area contributed by atoms with Crippen LogP contribution in [0.5, 0.6) is 0 Å². The van der Waals surface area contributed by atoms with Crippen LogP contribution in [0.15, 0.2) is 49.4 Å². The maximum atomic E-state index is 6.18. The van der Waals surface area contributed by atoms with Crippen LogP contribution in [0.4, 0.5) is 5.82 Å². The Hall–Kier alpha value is -3.81. The van der Waals surface area contributed by atoms with Gasteiger partial charge in [-0.05, 0) is 19.1 Å². The van der Waals surface area contributed by atoms with Crippen LogP contribution >= 0.6 is 0 Å². The second kappa shape index (κ2) is 7.31.